The zero-order chi connectivity index (χ0) is 12.6. The minimum Gasteiger partial charge on any atom is -0.508 e. The highest BCUT2D eigenvalue weighted by molar-refractivity contribution is 5.60. The average molecular weight is 238 g/mol. The Morgan fingerprint density at radius 3 is 1.83 bits per heavy atom. The van der Waals surface area contributed by atoms with E-state index in [0.717, 1.165) is 5.56 Å². The summed E-state index contributed by atoms with van der Waals surface area (Å²) in [5.41, 5.74) is 2.33. The molecular weight excluding hydrogens is 224 g/mol. The van der Waals surface area contributed by atoms with Gasteiger partial charge in [0.25, 0.3) is 0 Å². The summed E-state index contributed by atoms with van der Waals surface area (Å²) in [7, 11) is 0. The van der Waals surface area contributed by atoms with E-state index in [4.69, 9.17) is 5.11 Å². The van der Waals surface area contributed by atoms with Crippen LogP contribution in [0.3, 0.4) is 0 Å². The van der Waals surface area contributed by atoms with E-state index in [-0.39, 0.29) is 0 Å². The van der Waals surface area contributed by atoms with Crippen LogP contribution in [0.4, 0.5) is 0 Å². The number of aromatic hydroxyl groups is 1. The number of hydrogen-bond donors (Lipinski definition) is 2. The molecule has 0 saturated carbocycles. The van der Waals surface area contributed by atoms with E-state index in [0.29, 0.717) is 5.75 Å². The van der Waals surface area contributed by atoms with E-state index >= 15 is 0 Å². The Labute approximate surface area is 106 Å². The number of nitrogens with zero attached hydrogens (tertiary/aromatic N) is 1. The van der Waals surface area contributed by atoms with E-state index in [1.807, 2.05) is 36.7 Å². The summed E-state index contributed by atoms with van der Waals surface area (Å²) in [4.78, 5) is 0. The quantitative estimate of drug-likeness (QED) is 0.682. The van der Waals surface area contributed by atoms with Gasteiger partial charge in [0, 0.05) is 11.8 Å². The lowest BCUT2D eigenvalue weighted by atomic mass is 10.1. The summed E-state index contributed by atoms with van der Waals surface area (Å²) in [6.45, 7) is 0. The van der Waals surface area contributed by atoms with Crippen molar-refractivity contribution in [1.82, 2.24) is 10.2 Å². The lowest BCUT2D eigenvalue weighted by molar-refractivity contribution is 0.475. The molecule has 0 aliphatic carbocycles. The molecule has 0 fully saturated rings. The number of hydrogen-bond acceptors (Lipinski definition) is 2. The van der Waals surface area contributed by atoms with Crippen LogP contribution in [0.2, 0.25) is 0 Å². The van der Waals surface area contributed by atoms with Gasteiger partial charge in [-0.15, -0.1) is 0 Å². The lowest BCUT2D eigenvalue weighted by Crippen LogP contribution is -1.69. The zero-order valence-electron chi connectivity index (χ0n) is 9.82. The first-order valence-corrected chi connectivity index (χ1v) is 5.64. The van der Waals surface area contributed by atoms with Gasteiger partial charge in [-0.2, -0.15) is 5.10 Å². The second-order valence-corrected chi connectivity index (χ2v) is 3.69. The summed E-state index contributed by atoms with van der Waals surface area (Å²) < 4.78 is 0. The first-order valence-electron chi connectivity index (χ1n) is 5.64. The molecule has 0 unspecified atom stereocenters. The fourth-order valence-corrected chi connectivity index (χ4v) is 1.47. The molecule has 0 atom stereocenters. The largest absolute Gasteiger partial charge is 0.508 e. The molecule has 0 bridgehead atoms. The van der Waals surface area contributed by atoms with Crippen LogP contribution in [0.5, 0.6) is 5.75 Å². The Hall–Kier alpha value is -2.55. The van der Waals surface area contributed by atoms with Gasteiger partial charge in [0.15, 0.2) is 0 Å². The average Bonchev–Trinajstić information content (AvgIpc) is 2.95. The molecule has 90 valence electrons. The predicted molar refractivity (Wildman–Crippen MR) is 72.1 cm³/mol. The molecule has 1 aromatic heterocycles. The number of para-hydroxylation sites is 1. The third kappa shape index (κ3) is 3.49. The first-order chi connectivity index (χ1) is 8.86. The zero-order valence-corrected chi connectivity index (χ0v) is 9.82. The number of aromatic nitrogens is 2. The molecule has 3 aromatic rings. The van der Waals surface area contributed by atoms with Crippen LogP contribution < -0.4 is 0 Å². The SMILES string of the molecule is Oc1ccccc1.c1ccc(-c2cn[nH]c2)cc1. The summed E-state index contributed by atoms with van der Waals surface area (Å²) in [6.07, 6.45) is 3.70. The predicted octanol–water partition coefficient (Wildman–Crippen LogP) is 3.47. The van der Waals surface area contributed by atoms with Gasteiger partial charge in [-0.1, -0.05) is 48.5 Å². The number of phenolic OH excluding ortho intramolecular Hbond substituents is 1. The van der Waals surface area contributed by atoms with Crippen LogP contribution in [0, 0.1) is 0 Å². The number of H-pyrrole nitrogens is 1. The Morgan fingerprint density at radius 1 is 0.778 bits per heavy atom. The summed E-state index contributed by atoms with van der Waals surface area (Å²) >= 11 is 0. The normalized spacial score (nSPS) is 9.33. The van der Waals surface area contributed by atoms with Gasteiger partial charge in [0.05, 0.1) is 6.20 Å². The Bertz CT molecular complexity index is 548. The van der Waals surface area contributed by atoms with Gasteiger partial charge >= 0.3 is 0 Å². The summed E-state index contributed by atoms with van der Waals surface area (Å²) in [6, 6.07) is 18.9. The third-order valence-electron chi connectivity index (χ3n) is 2.36. The van der Waals surface area contributed by atoms with Gasteiger partial charge in [-0.3, -0.25) is 5.10 Å². The number of rotatable bonds is 1. The Morgan fingerprint density at radius 2 is 1.39 bits per heavy atom. The number of nitrogens with one attached hydrogen (secondary N) is 1. The maximum Gasteiger partial charge on any atom is 0.115 e. The Balaban J connectivity index is 0.000000149. The van der Waals surface area contributed by atoms with Crippen molar-refractivity contribution in [2.45, 2.75) is 0 Å². The standard InChI is InChI=1S/C9H8N2.C6H6O/c1-2-4-8(5-3-1)9-6-10-11-7-9;7-6-4-2-1-3-5-6/h1-7H,(H,10,11);1-5,7H. The van der Waals surface area contributed by atoms with Crippen molar-refractivity contribution >= 4 is 0 Å². The minimum atomic E-state index is 0.322. The van der Waals surface area contributed by atoms with Gasteiger partial charge < -0.3 is 5.11 Å². The molecule has 0 saturated heterocycles. The fraction of sp³-hybridized carbons (Fsp3) is 0. The first kappa shape index (κ1) is 11.9. The van der Waals surface area contributed by atoms with Crippen molar-refractivity contribution in [3.63, 3.8) is 0 Å². The van der Waals surface area contributed by atoms with Crippen molar-refractivity contribution < 1.29 is 5.11 Å². The molecule has 1 heterocycles. The summed E-state index contributed by atoms with van der Waals surface area (Å²) in [5.74, 6) is 0.322. The van der Waals surface area contributed by atoms with Crippen molar-refractivity contribution in [1.29, 1.82) is 0 Å². The van der Waals surface area contributed by atoms with Crippen molar-refractivity contribution in [2.24, 2.45) is 0 Å². The van der Waals surface area contributed by atoms with E-state index < -0.39 is 0 Å². The highest BCUT2D eigenvalue weighted by Gasteiger charge is 1.94. The van der Waals surface area contributed by atoms with E-state index in [1.54, 1.807) is 24.3 Å². The molecule has 0 aliphatic heterocycles. The van der Waals surface area contributed by atoms with Crippen LogP contribution in [-0.4, -0.2) is 15.3 Å². The molecule has 2 N–H and O–H groups in total. The smallest absolute Gasteiger partial charge is 0.115 e. The molecule has 3 rings (SSSR count). The van der Waals surface area contributed by atoms with E-state index in [1.165, 1.54) is 5.56 Å². The molecule has 0 radical (unpaired) electrons. The molecule has 0 spiro atoms. The highest BCUT2D eigenvalue weighted by Crippen LogP contribution is 2.15. The molecule has 3 heteroatoms. The number of benzene rings is 2. The molecule has 0 amide bonds. The summed E-state index contributed by atoms with van der Waals surface area (Å²) in [5, 5.41) is 15.3. The molecule has 3 nitrogen and oxygen atoms in total. The van der Waals surface area contributed by atoms with Crippen LogP contribution in [0.25, 0.3) is 11.1 Å². The van der Waals surface area contributed by atoms with Crippen molar-refractivity contribution in [3.05, 3.63) is 73.1 Å². The number of aromatic amines is 1. The monoisotopic (exact) mass is 238 g/mol. The van der Waals surface area contributed by atoms with Crippen LogP contribution in [0.1, 0.15) is 0 Å². The van der Waals surface area contributed by atoms with E-state index in [9.17, 15) is 0 Å². The van der Waals surface area contributed by atoms with Crippen molar-refractivity contribution in [3.8, 4) is 16.9 Å². The molecule has 2 aromatic carbocycles. The highest BCUT2D eigenvalue weighted by atomic mass is 16.3. The molecule has 18 heavy (non-hydrogen) atoms. The van der Waals surface area contributed by atoms with Gasteiger partial charge in [0.1, 0.15) is 5.75 Å². The van der Waals surface area contributed by atoms with Crippen molar-refractivity contribution in [2.75, 3.05) is 0 Å². The van der Waals surface area contributed by atoms with Crippen LogP contribution in [0.15, 0.2) is 73.1 Å². The number of phenols is 1. The minimum absolute atomic E-state index is 0.322. The second kappa shape index (κ2) is 6.25. The third-order valence-corrected chi connectivity index (χ3v) is 2.36. The molecule has 0 aliphatic rings. The van der Waals surface area contributed by atoms with Crippen LogP contribution in [-0.2, 0) is 0 Å². The Kier molecular flexibility index (Phi) is 4.14. The lowest BCUT2D eigenvalue weighted by Gasteiger charge is -1.92. The topological polar surface area (TPSA) is 48.9 Å². The molecular formula is C15H14N2O. The fourth-order valence-electron chi connectivity index (χ4n) is 1.47. The second-order valence-electron chi connectivity index (χ2n) is 3.69. The van der Waals surface area contributed by atoms with E-state index in [2.05, 4.69) is 22.3 Å². The maximum absolute atomic E-state index is 8.63. The van der Waals surface area contributed by atoms with Gasteiger partial charge in [-0.25, -0.2) is 0 Å². The van der Waals surface area contributed by atoms with Gasteiger partial charge in [0.2, 0.25) is 0 Å². The maximum atomic E-state index is 8.63. The van der Waals surface area contributed by atoms with Crippen LogP contribution >= 0.6 is 0 Å². The van der Waals surface area contributed by atoms with Gasteiger partial charge in [-0.05, 0) is 17.7 Å².